The minimum absolute atomic E-state index is 0.283. The van der Waals surface area contributed by atoms with Gasteiger partial charge in [0, 0.05) is 24.9 Å². The fourth-order valence-electron chi connectivity index (χ4n) is 2.74. The van der Waals surface area contributed by atoms with Crippen LogP contribution in [0.2, 0.25) is 0 Å². The van der Waals surface area contributed by atoms with E-state index in [1.54, 1.807) is 18.3 Å². The van der Waals surface area contributed by atoms with Crippen LogP contribution in [0.25, 0.3) is 5.65 Å². The van der Waals surface area contributed by atoms with E-state index in [0.717, 1.165) is 25.2 Å². The number of likely N-dealkylation sites (N-methyl/N-ethyl adjacent to an activating group) is 1. The molecule has 2 aromatic heterocycles. The van der Waals surface area contributed by atoms with E-state index >= 15 is 0 Å². The largest absolute Gasteiger partial charge is 0.478 e. The molecule has 0 amide bonds. The van der Waals surface area contributed by atoms with E-state index in [1.165, 1.54) is 6.42 Å². The third-order valence-electron chi connectivity index (χ3n) is 3.77. The van der Waals surface area contributed by atoms with Crippen LogP contribution in [-0.4, -0.2) is 45.5 Å². The van der Waals surface area contributed by atoms with Crippen LogP contribution in [0.3, 0.4) is 0 Å². The molecule has 0 saturated carbocycles. The zero-order chi connectivity index (χ0) is 13.4. The lowest BCUT2D eigenvalue weighted by atomic mass is 9.96. The number of hydrogen-bond acceptors (Lipinski definition) is 3. The highest BCUT2D eigenvalue weighted by molar-refractivity contribution is 5.88. The molecule has 1 aliphatic heterocycles. The predicted molar refractivity (Wildman–Crippen MR) is 71.6 cm³/mol. The molecule has 0 spiro atoms. The summed E-state index contributed by atoms with van der Waals surface area (Å²) in [4.78, 5) is 17.9. The van der Waals surface area contributed by atoms with Crippen molar-refractivity contribution in [3.63, 3.8) is 0 Å². The van der Waals surface area contributed by atoms with Gasteiger partial charge in [0.1, 0.15) is 5.65 Å². The summed E-state index contributed by atoms with van der Waals surface area (Å²) in [6, 6.07) is 3.23. The SMILES string of the molecule is CN1CCCC(c2cn3ccc(C(=O)O)cc3n2)C1. The zero-order valence-electron chi connectivity index (χ0n) is 10.9. The number of imidazole rings is 1. The van der Waals surface area contributed by atoms with Gasteiger partial charge in [-0.3, -0.25) is 0 Å². The maximum atomic E-state index is 11.0. The van der Waals surface area contributed by atoms with Gasteiger partial charge in [-0.05, 0) is 38.6 Å². The molecule has 0 aliphatic carbocycles. The normalized spacial score (nSPS) is 20.8. The summed E-state index contributed by atoms with van der Waals surface area (Å²) in [5, 5.41) is 8.99. The lowest BCUT2D eigenvalue weighted by Gasteiger charge is -2.28. The van der Waals surface area contributed by atoms with E-state index in [1.807, 2.05) is 10.6 Å². The molecule has 1 saturated heterocycles. The lowest BCUT2D eigenvalue weighted by molar-refractivity contribution is 0.0697. The van der Waals surface area contributed by atoms with Gasteiger partial charge in [0.2, 0.25) is 0 Å². The van der Waals surface area contributed by atoms with Gasteiger partial charge in [-0.2, -0.15) is 0 Å². The van der Waals surface area contributed by atoms with Crippen molar-refractivity contribution in [2.24, 2.45) is 0 Å². The second-order valence-corrected chi connectivity index (χ2v) is 5.25. The minimum Gasteiger partial charge on any atom is -0.478 e. The maximum Gasteiger partial charge on any atom is 0.335 e. The first-order valence-corrected chi connectivity index (χ1v) is 6.54. The first-order chi connectivity index (χ1) is 9.13. The van der Waals surface area contributed by atoms with E-state index < -0.39 is 5.97 Å². The van der Waals surface area contributed by atoms with E-state index in [9.17, 15) is 4.79 Å². The van der Waals surface area contributed by atoms with Crippen molar-refractivity contribution in [3.05, 3.63) is 35.8 Å². The Morgan fingerprint density at radius 1 is 1.53 bits per heavy atom. The molecule has 1 atom stereocenters. The number of rotatable bonds is 2. The molecule has 0 aromatic carbocycles. The Balaban J connectivity index is 1.94. The number of nitrogens with zero attached hydrogens (tertiary/aromatic N) is 3. The molecular weight excluding hydrogens is 242 g/mol. The first kappa shape index (κ1) is 12.2. The van der Waals surface area contributed by atoms with Crippen LogP contribution < -0.4 is 0 Å². The summed E-state index contributed by atoms with van der Waals surface area (Å²) in [5.74, 6) is -0.462. The van der Waals surface area contributed by atoms with Gasteiger partial charge in [-0.15, -0.1) is 0 Å². The number of hydrogen-bond donors (Lipinski definition) is 1. The number of fused-ring (bicyclic) bond motifs is 1. The number of carboxylic acids is 1. The highest BCUT2D eigenvalue weighted by atomic mass is 16.4. The standard InChI is InChI=1S/C14H17N3O2/c1-16-5-2-3-11(8-16)12-9-17-6-4-10(14(18)19)7-13(17)15-12/h4,6-7,9,11H,2-3,5,8H2,1H3,(H,18,19). The van der Waals surface area contributed by atoms with Crippen LogP contribution in [0.5, 0.6) is 0 Å². The quantitative estimate of drug-likeness (QED) is 0.894. The van der Waals surface area contributed by atoms with E-state index in [4.69, 9.17) is 5.11 Å². The van der Waals surface area contributed by atoms with Crippen molar-refractivity contribution in [3.8, 4) is 0 Å². The Kier molecular flexibility index (Phi) is 2.98. The fraction of sp³-hybridized carbons (Fsp3) is 0.429. The molecule has 0 radical (unpaired) electrons. The van der Waals surface area contributed by atoms with Crippen molar-refractivity contribution in [1.82, 2.24) is 14.3 Å². The summed E-state index contributed by atoms with van der Waals surface area (Å²) in [6.45, 7) is 2.17. The van der Waals surface area contributed by atoms with E-state index in [-0.39, 0.29) is 5.56 Å². The van der Waals surface area contributed by atoms with Crippen molar-refractivity contribution in [2.45, 2.75) is 18.8 Å². The van der Waals surface area contributed by atoms with Gasteiger partial charge < -0.3 is 14.4 Å². The average Bonchev–Trinajstić information content (AvgIpc) is 2.81. The van der Waals surface area contributed by atoms with Gasteiger partial charge in [0.25, 0.3) is 0 Å². The minimum atomic E-state index is -0.913. The summed E-state index contributed by atoms with van der Waals surface area (Å²) in [7, 11) is 2.13. The number of carbonyl (C=O) groups is 1. The molecule has 100 valence electrons. The number of piperidine rings is 1. The second-order valence-electron chi connectivity index (χ2n) is 5.25. The molecule has 2 aromatic rings. The molecule has 19 heavy (non-hydrogen) atoms. The van der Waals surface area contributed by atoms with Crippen LogP contribution >= 0.6 is 0 Å². The van der Waals surface area contributed by atoms with Gasteiger partial charge >= 0.3 is 5.97 Å². The Morgan fingerprint density at radius 3 is 3.11 bits per heavy atom. The fourth-order valence-corrected chi connectivity index (χ4v) is 2.74. The number of pyridine rings is 1. The molecule has 5 nitrogen and oxygen atoms in total. The number of aromatic carboxylic acids is 1. The highest BCUT2D eigenvalue weighted by Crippen LogP contribution is 2.25. The van der Waals surface area contributed by atoms with Crippen LogP contribution in [0.1, 0.15) is 34.8 Å². The summed E-state index contributed by atoms with van der Waals surface area (Å²) in [6.07, 6.45) is 6.13. The average molecular weight is 259 g/mol. The Labute approximate surface area is 111 Å². The number of carboxylic acid groups (broad SMARTS) is 1. The van der Waals surface area contributed by atoms with Gasteiger partial charge in [-0.1, -0.05) is 0 Å². The molecule has 1 N–H and O–H groups in total. The predicted octanol–water partition coefficient (Wildman–Crippen LogP) is 1.84. The maximum absolute atomic E-state index is 11.0. The summed E-state index contributed by atoms with van der Waals surface area (Å²) >= 11 is 0. The number of aromatic nitrogens is 2. The molecule has 1 fully saturated rings. The van der Waals surface area contributed by atoms with Gasteiger partial charge in [0.15, 0.2) is 0 Å². The first-order valence-electron chi connectivity index (χ1n) is 6.54. The molecule has 1 aliphatic rings. The third-order valence-corrected chi connectivity index (χ3v) is 3.77. The molecule has 3 heterocycles. The highest BCUT2D eigenvalue weighted by Gasteiger charge is 2.21. The smallest absolute Gasteiger partial charge is 0.335 e. The number of likely N-dealkylation sites (tertiary alicyclic amines) is 1. The Morgan fingerprint density at radius 2 is 2.37 bits per heavy atom. The van der Waals surface area contributed by atoms with Crippen LogP contribution in [0.15, 0.2) is 24.5 Å². The van der Waals surface area contributed by atoms with Crippen molar-refractivity contribution >= 4 is 11.6 Å². The van der Waals surface area contributed by atoms with Crippen molar-refractivity contribution in [2.75, 3.05) is 20.1 Å². The lowest BCUT2D eigenvalue weighted by Crippen LogP contribution is -2.30. The summed E-state index contributed by atoms with van der Waals surface area (Å²) < 4.78 is 1.90. The Hall–Kier alpha value is -1.88. The molecule has 3 rings (SSSR count). The van der Waals surface area contributed by atoms with Crippen LogP contribution in [0, 0.1) is 0 Å². The van der Waals surface area contributed by atoms with Crippen LogP contribution in [-0.2, 0) is 0 Å². The molecule has 5 heteroatoms. The third kappa shape index (κ3) is 2.33. The van der Waals surface area contributed by atoms with Crippen molar-refractivity contribution < 1.29 is 9.90 Å². The van der Waals surface area contributed by atoms with Crippen LogP contribution in [0.4, 0.5) is 0 Å². The molecular formula is C14H17N3O2. The Bertz CT molecular complexity index is 620. The second kappa shape index (κ2) is 4.66. The molecule has 1 unspecified atom stereocenters. The topological polar surface area (TPSA) is 57.8 Å². The van der Waals surface area contributed by atoms with E-state index in [2.05, 4.69) is 16.9 Å². The van der Waals surface area contributed by atoms with Crippen molar-refractivity contribution in [1.29, 1.82) is 0 Å². The summed E-state index contributed by atoms with van der Waals surface area (Å²) in [5.41, 5.74) is 2.06. The molecule has 0 bridgehead atoms. The monoisotopic (exact) mass is 259 g/mol. The zero-order valence-corrected chi connectivity index (χ0v) is 10.9. The van der Waals surface area contributed by atoms with Gasteiger partial charge in [-0.25, -0.2) is 9.78 Å². The van der Waals surface area contributed by atoms with E-state index in [0.29, 0.717) is 11.6 Å². The van der Waals surface area contributed by atoms with Gasteiger partial charge in [0.05, 0.1) is 11.3 Å².